The van der Waals surface area contributed by atoms with Crippen molar-refractivity contribution >= 4 is 17.7 Å². The highest BCUT2D eigenvalue weighted by Crippen LogP contribution is 2.41. The summed E-state index contributed by atoms with van der Waals surface area (Å²) in [6.45, 7) is 4.54. The number of carbonyl (C=O) groups is 1. The molecule has 0 unspecified atom stereocenters. The van der Waals surface area contributed by atoms with E-state index < -0.39 is 5.97 Å². The van der Waals surface area contributed by atoms with Crippen LogP contribution in [0.15, 0.2) is 39.6 Å². The minimum Gasteiger partial charge on any atom is -0.481 e. The van der Waals surface area contributed by atoms with Gasteiger partial charge in [0.05, 0.1) is 0 Å². The van der Waals surface area contributed by atoms with Gasteiger partial charge in [-0.15, -0.1) is 11.8 Å². The third-order valence-electron chi connectivity index (χ3n) is 4.01. The standard InChI is InChI=1S/C19H18O3S/c1-19(2)9-10-23-17-8-4-13(11-16(17)19)3-5-14-6-7-15(22-14)12-18(20)21/h4,6-8,11H,9-10,12H2,1-2H3,(H,20,21). The van der Waals surface area contributed by atoms with Crippen LogP contribution in [0.4, 0.5) is 0 Å². The molecule has 0 spiro atoms. The Labute approximate surface area is 140 Å². The number of fused-ring (bicyclic) bond motifs is 1. The predicted octanol–water partition coefficient (Wildman–Crippen LogP) is 4.08. The molecule has 1 aliphatic rings. The monoisotopic (exact) mass is 326 g/mol. The van der Waals surface area contributed by atoms with Gasteiger partial charge in [0, 0.05) is 10.5 Å². The van der Waals surface area contributed by atoms with Crippen LogP contribution in [0.25, 0.3) is 0 Å². The topological polar surface area (TPSA) is 50.4 Å². The molecule has 0 bridgehead atoms. The lowest BCUT2D eigenvalue weighted by Gasteiger charge is -2.32. The van der Waals surface area contributed by atoms with Gasteiger partial charge in [0.25, 0.3) is 0 Å². The first-order valence-corrected chi connectivity index (χ1v) is 8.52. The Morgan fingerprint density at radius 1 is 1.30 bits per heavy atom. The van der Waals surface area contributed by atoms with Crippen molar-refractivity contribution in [1.82, 2.24) is 0 Å². The highest BCUT2D eigenvalue weighted by Gasteiger charge is 2.27. The lowest BCUT2D eigenvalue weighted by molar-refractivity contribution is -0.136. The predicted molar refractivity (Wildman–Crippen MR) is 90.8 cm³/mol. The van der Waals surface area contributed by atoms with Crippen molar-refractivity contribution in [2.24, 2.45) is 0 Å². The minimum absolute atomic E-state index is 0.119. The number of furan rings is 1. The number of carboxylic acids is 1. The fourth-order valence-electron chi connectivity index (χ4n) is 2.64. The zero-order valence-corrected chi connectivity index (χ0v) is 14.0. The van der Waals surface area contributed by atoms with Gasteiger partial charge in [-0.25, -0.2) is 0 Å². The smallest absolute Gasteiger partial charge is 0.311 e. The number of rotatable bonds is 2. The quantitative estimate of drug-likeness (QED) is 0.845. The van der Waals surface area contributed by atoms with E-state index >= 15 is 0 Å². The highest BCUT2D eigenvalue weighted by molar-refractivity contribution is 7.99. The summed E-state index contributed by atoms with van der Waals surface area (Å²) in [5.74, 6) is 7.25. The number of hydrogen-bond donors (Lipinski definition) is 1. The van der Waals surface area contributed by atoms with Crippen LogP contribution in [0.5, 0.6) is 0 Å². The summed E-state index contributed by atoms with van der Waals surface area (Å²) in [5.41, 5.74) is 2.49. The van der Waals surface area contributed by atoms with E-state index in [1.54, 1.807) is 12.1 Å². The van der Waals surface area contributed by atoms with Gasteiger partial charge in [0.15, 0.2) is 5.76 Å². The number of benzene rings is 1. The minimum atomic E-state index is -0.909. The number of thioether (sulfide) groups is 1. The zero-order chi connectivity index (χ0) is 16.4. The highest BCUT2D eigenvalue weighted by atomic mass is 32.2. The molecule has 2 aromatic rings. The van der Waals surface area contributed by atoms with Crippen LogP contribution < -0.4 is 0 Å². The molecule has 0 aliphatic carbocycles. The van der Waals surface area contributed by atoms with Crippen LogP contribution in [0.3, 0.4) is 0 Å². The molecule has 4 heteroatoms. The second-order valence-corrected chi connectivity index (χ2v) is 7.42. The molecule has 0 radical (unpaired) electrons. The molecule has 2 heterocycles. The van der Waals surface area contributed by atoms with Crippen molar-refractivity contribution in [2.75, 3.05) is 5.75 Å². The maximum absolute atomic E-state index is 10.7. The molecule has 118 valence electrons. The Hall–Kier alpha value is -2.12. The first kappa shape index (κ1) is 15.8. The Balaban J connectivity index is 1.84. The number of hydrogen-bond acceptors (Lipinski definition) is 3. The van der Waals surface area contributed by atoms with Gasteiger partial charge in [-0.2, -0.15) is 0 Å². The summed E-state index contributed by atoms with van der Waals surface area (Å²) in [7, 11) is 0. The summed E-state index contributed by atoms with van der Waals surface area (Å²) < 4.78 is 5.41. The SMILES string of the molecule is CC1(C)CCSc2ccc(C#Cc3ccc(CC(=O)O)o3)cc21. The van der Waals surface area contributed by atoms with Crippen molar-refractivity contribution in [3.63, 3.8) is 0 Å². The van der Waals surface area contributed by atoms with Gasteiger partial charge in [-0.05, 0) is 59.4 Å². The first-order chi connectivity index (χ1) is 10.9. The summed E-state index contributed by atoms with van der Waals surface area (Å²) >= 11 is 1.90. The van der Waals surface area contributed by atoms with E-state index in [0.29, 0.717) is 11.5 Å². The Bertz CT molecular complexity index is 806. The Morgan fingerprint density at radius 3 is 2.91 bits per heavy atom. The Morgan fingerprint density at radius 2 is 2.13 bits per heavy atom. The van der Waals surface area contributed by atoms with Gasteiger partial charge in [0.1, 0.15) is 12.2 Å². The summed E-state index contributed by atoms with van der Waals surface area (Å²) in [5, 5.41) is 8.75. The molecule has 1 aliphatic heterocycles. The fourth-order valence-corrected chi connectivity index (χ4v) is 4.12. The molecule has 0 saturated carbocycles. The van der Waals surface area contributed by atoms with Crippen molar-refractivity contribution in [2.45, 2.75) is 37.0 Å². The normalized spacial score (nSPS) is 15.4. The largest absolute Gasteiger partial charge is 0.481 e. The number of carboxylic acid groups (broad SMARTS) is 1. The van der Waals surface area contributed by atoms with Gasteiger partial charge in [-0.1, -0.05) is 19.8 Å². The molecule has 23 heavy (non-hydrogen) atoms. The molecule has 0 saturated heterocycles. The second kappa shape index (κ2) is 6.17. The van der Waals surface area contributed by atoms with Gasteiger partial charge >= 0.3 is 5.97 Å². The van der Waals surface area contributed by atoms with Crippen LogP contribution in [0, 0.1) is 11.8 Å². The van der Waals surface area contributed by atoms with E-state index in [9.17, 15) is 4.79 Å². The molecule has 0 atom stereocenters. The van der Waals surface area contributed by atoms with Crippen LogP contribution in [-0.2, 0) is 16.6 Å². The van der Waals surface area contributed by atoms with Gasteiger partial charge in [-0.3, -0.25) is 4.79 Å². The van der Waals surface area contributed by atoms with Crippen LogP contribution >= 0.6 is 11.8 Å². The van der Waals surface area contributed by atoms with E-state index in [0.717, 1.165) is 17.7 Å². The van der Waals surface area contributed by atoms with Crippen molar-refractivity contribution < 1.29 is 14.3 Å². The molecular formula is C19H18O3S. The molecule has 1 N–H and O–H groups in total. The third kappa shape index (κ3) is 3.62. The molecule has 3 nitrogen and oxygen atoms in total. The van der Waals surface area contributed by atoms with E-state index in [4.69, 9.17) is 9.52 Å². The zero-order valence-electron chi connectivity index (χ0n) is 13.2. The maximum atomic E-state index is 10.7. The molecule has 1 aromatic heterocycles. The molecule has 0 amide bonds. The van der Waals surface area contributed by atoms with E-state index in [-0.39, 0.29) is 11.8 Å². The van der Waals surface area contributed by atoms with E-state index in [1.165, 1.54) is 10.5 Å². The lowest BCUT2D eigenvalue weighted by atomic mass is 9.81. The molecule has 0 fully saturated rings. The van der Waals surface area contributed by atoms with E-state index in [1.807, 2.05) is 17.8 Å². The number of aliphatic carboxylic acids is 1. The van der Waals surface area contributed by atoms with Gasteiger partial charge in [0.2, 0.25) is 0 Å². The van der Waals surface area contributed by atoms with Crippen LogP contribution in [-0.4, -0.2) is 16.8 Å². The summed E-state index contributed by atoms with van der Waals surface area (Å²) in [6.07, 6.45) is 1.05. The first-order valence-electron chi connectivity index (χ1n) is 7.54. The maximum Gasteiger partial charge on any atom is 0.311 e. The molecular weight excluding hydrogens is 308 g/mol. The molecule has 1 aromatic carbocycles. The van der Waals surface area contributed by atoms with Gasteiger partial charge < -0.3 is 9.52 Å². The molecule has 3 rings (SSSR count). The summed E-state index contributed by atoms with van der Waals surface area (Å²) in [4.78, 5) is 12.0. The van der Waals surface area contributed by atoms with Crippen molar-refractivity contribution in [1.29, 1.82) is 0 Å². The average molecular weight is 326 g/mol. The van der Waals surface area contributed by atoms with Crippen LogP contribution in [0.1, 0.15) is 42.9 Å². The second-order valence-electron chi connectivity index (χ2n) is 6.28. The van der Waals surface area contributed by atoms with Crippen molar-refractivity contribution in [3.05, 3.63) is 53.0 Å². The van der Waals surface area contributed by atoms with Crippen molar-refractivity contribution in [3.8, 4) is 11.8 Å². The van der Waals surface area contributed by atoms with Crippen LogP contribution in [0.2, 0.25) is 0 Å². The lowest BCUT2D eigenvalue weighted by Crippen LogP contribution is -2.22. The van der Waals surface area contributed by atoms with E-state index in [2.05, 4.69) is 37.8 Å². The third-order valence-corrected chi connectivity index (χ3v) is 5.09. The Kier molecular flexibility index (Phi) is 4.23. The average Bonchev–Trinajstić information content (AvgIpc) is 2.92. The summed E-state index contributed by atoms with van der Waals surface area (Å²) in [6, 6.07) is 9.70. The fraction of sp³-hybridized carbons (Fsp3) is 0.316.